The van der Waals surface area contributed by atoms with Crippen LogP contribution in [0.3, 0.4) is 0 Å². The van der Waals surface area contributed by atoms with Gasteiger partial charge in [-0.1, -0.05) is 24.4 Å². The monoisotopic (exact) mass is 430 g/mol. The number of aromatic nitrogens is 2. The summed E-state index contributed by atoms with van der Waals surface area (Å²) in [6.07, 6.45) is 7.81. The Bertz CT molecular complexity index is 868. The molecule has 1 aromatic heterocycles. The number of rotatable bonds is 7. The van der Waals surface area contributed by atoms with Gasteiger partial charge in [0, 0.05) is 44.0 Å². The molecule has 1 aliphatic carbocycles. The van der Waals surface area contributed by atoms with E-state index in [4.69, 9.17) is 16.6 Å². The van der Waals surface area contributed by atoms with Crippen molar-refractivity contribution in [1.29, 1.82) is 0 Å². The molecule has 7 nitrogen and oxygen atoms in total. The highest BCUT2D eigenvalue weighted by Gasteiger charge is 2.42. The van der Waals surface area contributed by atoms with Crippen LogP contribution in [0.4, 0.5) is 0 Å². The van der Waals surface area contributed by atoms with Crippen LogP contribution < -0.4 is 10.6 Å². The molecular weight excluding hydrogens is 400 g/mol. The van der Waals surface area contributed by atoms with Gasteiger partial charge in [0.15, 0.2) is 5.96 Å². The SMILES string of the molecule is CCNC(=NCc1cnn(-c2ccc(Cl)cc2)c1)NCC1(C(=O)N(C)C)CCCC1. The van der Waals surface area contributed by atoms with Crippen LogP contribution in [-0.2, 0) is 11.3 Å². The summed E-state index contributed by atoms with van der Waals surface area (Å²) < 4.78 is 1.81. The molecule has 0 bridgehead atoms. The van der Waals surface area contributed by atoms with E-state index in [1.165, 1.54) is 0 Å². The van der Waals surface area contributed by atoms with E-state index >= 15 is 0 Å². The van der Waals surface area contributed by atoms with Crippen LogP contribution in [0, 0.1) is 5.41 Å². The number of nitrogens with one attached hydrogen (secondary N) is 2. The van der Waals surface area contributed by atoms with E-state index < -0.39 is 0 Å². The number of nitrogens with zero attached hydrogens (tertiary/aromatic N) is 4. The fraction of sp³-hybridized carbons (Fsp3) is 0.500. The third-order valence-electron chi connectivity index (χ3n) is 5.51. The van der Waals surface area contributed by atoms with E-state index in [1.54, 1.807) is 4.90 Å². The fourth-order valence-electron chi connectivity index (χ4n) is 3.93. The van der Waals surface area contributed by atoms with Gasteiger partial charge in [-0.3, -0.25) is 4.79 Å². The molecular formula is C22H31ClN6O. The van der Waals surface area contributed by atoms with Crippen molar-refractivity contribution >= 4 is 23.5 Å². The maximum absolute atomic E-state index is 12.8. The molecule has 0 saturated heterocycles. The van der Waals surface area contributed by atoms with Crippen LogP contribution in [0.2, 0.25) is 5.02 Å². The molecule has 3 rings (SSSR count). The van der Waals surface area contributed by atoms with E-state index in [1.807, 2.05) is 62.4 Å². The lowest BCUT2D eigenvalue weighted by atomic mass is 9.84. The number of guanidine groups is 1. The second-order valence-corrected chi connectivity index (χ2v) is 8.44. The maximum Gasteiger partial charge on any atom is 0.230 e. The molecule has 1 heterocycles. The predicted octanol–water partition coefficient (Wildman–Crippen LogP) is 3.23. The lowest BCUT2D eigenvalue weighted by Gasteiger charge is -2.31. The third-order valence-corrected chi connectivity index (χ3v) is 5.76. The average molecular weight is 431 g/mol. The van der Waals surface area contributed by atoms with Crippen molar-refractivity contribution in [2.75, 3.05) is 27.2 Å². The van der Waals surface area contributed by atoms with Gasteiger partial charge in [0.05, 0.1) is 23.8 Å². The highest BCUT2D eigenvalue weighted by Crippen LogP contribution is 2.38. The van der Waals surface area contributed by atoms with Crippen LogP contribution in [0.1, 0.15) is 38.2 Å². The number of hydrogen-bond donors (Lipinski definition) is 2. The van der Waals surface area contributed by atoms with E-state index in [0.29, 0.717) is 18.1 Å². The summed E-state index contributed by atoms with van der Waals surface area (Å²) in [5.41, 5.74) is 1.62. The van der Waals surface area contributed by atoms with E-state index in [2.05, 4.69) is 15.7 Å². The Hall–Kier alpha value is -2.54. The number of amides is 1. The Balaban J connectivity index is 1.66. The zero-order valence-electron chi connectivity index (χ0n) is 18.0. The molecule has 2 aromatic rings. The highest BCUT2D eigenvalue weighted by molar-refractivity contribution is 6.30. The van der Waals surface area contributed by atoms with Gasteiger partial charge in [-0.25, -0.2) is 9.67 Å². The molecule has 30 heavy (non-hydrogen) atoms. The zero-order valence-corrected chi connectivity index (χ0v) is 18.7. The molecule has 0 spiro atoms. The first kappa shape index (κ1) is 22.2. The van der Waals surface area contributed by atoms with Gasteiger partial charge >= 0.3 is 0 Å². The normalized spacial score (nSPS) is 15.8. The smallest absolute Gasteiger partial charge is 0.230 e. The van der Waals surface area contributed by atoms with Gasteiger partial charge in [0.1, 0.15) is 0 Å². The molecule has 162 valence electrons. The quantitative estimate of drug-likeness (QED) is 0.522. The second-order valence-electron chi connectivity index (χ2n) is 8.01. The van der Waals surface area contributed by atoms with Crippen LogP contribution >= 0.6 is 11.6 Å². The van der Waals surface area contributed by atoms with Gasteiger partial charge in [-0.05, 0) is 44.0 Å². The molecule has 1 saturated carbocycles. The standard InChI is InChI=1S/C22H31ClN6O/c1-4-24-21(26-16-22(11-5-6-12-22)20(30)28(2)3)25-13-17-14-27-29(15-17)19-9-7-18(23)8-10-19/h7-10,14-15H,4-6,11-13,16H2,1-3H3,(H2,24,25,26). The van der Waals surface area contributed by atoms with E-state index in [0.717, 1.165) is 49.4 Å². The summed E-state index contributed by atoms with van der Waals surface area (Å²) in [5.74, 6) is 0.919. The van der Waals surface area contributed by atoms with Crippen molar-refractivity contribution < 1.29 is 4.79 Å². The van der Waals surface area contributed by atoms with Gasteiger partial charge in [-0.15, -0.1) is 0 Å². The number of carbonyl (C=O) groups is 1. The summed E-state index contributed by atoms with van der Waals surface area (Å²) in [6, 6.07) is 7.54. The molecule has 1 aromatic carbocycles. The van der Waals surface area contributed by atoms with Crippen molar-refractivity contribution in [2.45, 2.75) is 39.2 Å². The molecule has 1 amide bonds. The van der Waals surface area contributed by atoms with Gasteiger partial charge in [-0.2, -0.15) is 5.10 Å². The van der Waals surface area contributed by atoms with Crippen molar-refractivity contribution in [3.63, 3.8) is 0 Å². The van der Waals surface area contributed by atoms with Crippen LogP contribution in [0.15, 0.2) is 41.7 Å². The minimum atomic E-state index is -0.334. The molecule has 1 aliphatic rings. The molecule has 0 unspecified atom stereocenters. The van der Waals surface area contributed by atoms with Crippen molar-refractivity contribution in [3.8, 4) is 5.69 Å². The Morgan fingerprint density at radius 2 is 1.93 bits per heavy atom. The highest BCUT2D eigenvalue weighted by atomic mass is 35.5. The number of aliphatic imine (C=N–C) groups is 1. The zero-order chi connectivity index (χ0) is 21.6. The van der Waals surface area contributed by atoms with Crippen molar-refractivity contribution in [3.05, 3.63) is 47.2 Å². The Kier molecular flexibility index (Phi) is 7.37. The summed E-state index contributed by atoms with van der Waals surface area (Å²) in [5, 5.41) is 11.8. The fourth-order valence-corrected chi connectivity index (χ4v) is 4.06. The minimum Gasteiger partial charge on any atom is -0.357 e. The second kappa shape index (κ2) is 9.98. The van der Waals surface area contributed by atoms with Gasteiger partial charge in [0.2, 0.25) is 5.91 Å². The van der Waals surface area contributed by atoms with Crippen LogP contribution in [-0.4, -0.2) is 53.7 Å². The third kappa shape index (κ3) is 5.33. The summed E-state index contributed by atoms with van der Waals surface area (Å²) in [4.78, 5) is 19.2. The molecule has 8 heteroatoms. The summed E-state index contributed by atoms with van der Waals surface area (Å²) in [6.45, 7) is 3.88. The van der Waals surface area contributed by atoms with Crippen LogP contribution in [0.25, 0.3) is 5.69 Å². The molecule has 1 fully saturated rings. The first-order valence-corrected chi connectivity index (χ1v) is 10.8. The predicted molar refractivity (Wildman–Crippen MR) is 121 cm³/mol. The first-order valence-electron chi connectivity index (χ1n) is 10.5. The molecule has 2 N–H and O–H groups in total. The van der Waals surface area contributed by atoms with E-state index in [-0.39, 0.29) is 11.3 Å². The van der Waals surface area contributed by atoms with Crippen LogP contribution in [0.5, 0.6) is 0 Å². The van der Waals surface area contributed by atoms with E-state index in [9.17, 15) is 4.79 Å². The number of benzene rings is 1. The largest absolute Gasteiger partial charge is 0.357 e. The molecule has 0 atom stereocenters. The number of hydrogen-bond acceptors (Lipinski definition) is 3. The number of halogens is 1. The Morgan fingerprint density at radius 1 is 1.23 bits per heavy atom. The maximum atomic E-state index is 12.8. The summed E-state index contributed by atoms with van der Waals surface area (Å²) >= 11 is 5.96. The Labute approximate surface area is 183 Å². The average Bonchev–Trinajstić information content (AvgIpc) is 3.40. The number of carbonyl (C=O) groups excluding carboxylic acids is 1. The topological polar surface area (TPSA) is 74.5 Å². The lowest BCUT2D eigenvalue weighted by Crippen LogP contribution is -2.49. The lowest BCUT2D eigenvalue weighted by molar-refractivity contribution is -0.138. The minimum absolute atomic E-state index is 0.201. The molecule has 0 radical (unpaired) electrons. The molecule has 0 aliphatic heterocycles. The summed E-state index contributed by atoms with van der Waals surface area (Å²) in [7, 11) is 3.67. The van der Waals surface area contributed by atoms with Gasteiger partial charge < -0.3 is 15.5 Å². The first-order chi connectivity index (χ1) is 14.4. The van der Waals surface area contributed by atoms with Gasteiger partial charge in [0.25, 0.3) is 0 Å². The van der Waals surface area contributed by atoms with Crippen molar-refractivity contribution in [2.24, 2.45) is 10.4 Å². The Morgan fingerprint density at radius 3 is 2.57 bits per heavy atom. The van der Waals surface area contributed by atoms with Crippen molar-refractivity contribution in [1.82, 2.24) is 25.3 Å².